The Bertz CT molecular complexity index is 834. The largest absolute Gasteiger partial charge is 0.367 e. The third-order valence-corrected chi connectivity index (χ3v) is 5.88. The first-order valence-electron chi connectivity index (χ1n) is 10.5. The van der Waals surface area contributed by atoms with Gasteiger partial charge in [-0.25, -0.2) is 0 Å². The van der Waals surface area contributed by atoms with Gasteiger partial charge in [0.05, 0.1) is 18.4 Å². The van der Waals surface area contributed by atoms with E-state index in [1.807, 2.05) is 12.4 Å². The molecule has 0 saturated carbocycles. The van der Waals surface area contributed by atoms with Gasteiger partial charge < -0.3 is 10.2 Å². The number of rotatable bonds is 6. The molecular formula is C23H30N4O. The summed E-state index contributed by atoms with van der Waals surface area (Å²) in [7, 11) is 0. The molecule has 1 saturated heterocycles. The number of fused-ring (bicyclic) bond motifs is 1. The van der Waals surface area contributed by atoms with Crippen LogP contribution < -0.4 is 10.2 Å². The molecule has 1 amide bonds. The van der Waals surface area contributed by atoms with Crippen molar-refractivity contribution in [2.45, 2.75) is 32.1 Å². The van der Waals surface area contributed by atoms with Crippen molar-refractivity contribution in [2.24, 2.45) is 0 Å². The average molecular weight is 379 g/mol. The van der Waals surface area contributed by atoms with Crippen molar-refractivity contribution in [3.05, 3.63) is 48.3 Å². The number of pyridine rings is 1. The summed E-state index contributed by atoms with van der Waals surface area (Å²) in [6.45, 7) is 4.93. The van der Waals surface area contributed by atoms with E-state index in [1.165, 1.54) is 47.7 Å². The molecule has 0 atom stereocenters. The molecule has 5 heteroatoms. The summed E-state index contributed by atoms with van der Waals surface area (Å²) in [4.78, 5) is 21.3. The van der Waals surface area contributed by atoms with Crippen LogP contribution in [0.25, 0.3) is 10.8 Å². The van der Waals surface area contributed by atoms with Crippen molar-refractivity contribution in [1.29, 1.82) is 0 Å². The average Bonchev–Trinajstić information content (AvgIpc) is 2.75. The van der Waals surface area contributed by atoms with Gasteiger partial charge in [0.25, 0.3) is 0 Å². The van der Waals surface area contributed by atoms with Gasteiger partial charge >= 0.3 is 0 Å². The lowest BCUT2D eigenvalue weighted by atomic mass is 9.97. The number of anilines is 1. The smallest absolute Gasteiger partial charge is 0.234 e. The van der Waals surface area contributed by atoms with Crippen LogP contribution in [-0.4, -0.2) is 55.1 Å². The summed E-state index contributed by atoms with van der Waals surface area (Å²) in [5, 5.41) is 5.53. The van der Waals surface area contributed by atoms with Crippen LogP contribution in [0.2, 0.25) is 0 Å². The molecule has 0 bridgehead atoms. The number of amides is 1. The summed E-state index contributed by atoms with van der Waals surface area (Å²) >= 11 is 0. The maximum absolute atomic E-state index is 12.3. The van der Waals surface area contributed by atoms with Crippen LogP contribution in [0.3, 0.4) is 0 Å². The molecule has 4 rings (SSSR count). The van der Waals surface area contributed by atoms with Crippen LogP contribution in [0.4, 0.5) is 5.69 Å². The molecule has 1 aromatic carbocycles. The Morgan fingerprint density at radius 2 is 1.93 bits per heavy atom. The maximum atomic E-state index is 12.3. The number of nitrogens with one attached hydrogen (secondary N) is 1. The number of hydrogen-bond donors (Lipinski definition) is 1. The molecule has 1 fully saturated rings. The molecule has 0 spiro atoms. The van der Waals surface area contributed by atoms with Crippen molar-refractivity contribution >= 4 is 22.4 Å². The fourth-order valence-corrected chi connectivity index (χ4v) is 4.25. The second-order valence-corrected chi connectivity index (χ2v) is 7.85. The number of benzene rings is 1. The minimum absolute atomic E-state index is 0.150. The normalized spacial score (nSPS) is 18.1. The minimum atomic E-state index is 0.150. The first-order chi connectivity index (χ1) is 13.8. The predicted molar refractivity (Wildman–Crippen MR) is 115 cm³/mol. The van der Waals surface area contributed by atoms with Gasteiger partial charge in [-0.2, -0.15) is 0 Å². The zero-order valence-electron chi connectivity index (χ0n) is 16.6. The lowest BCUT2D eigenvalue weighted by Crippen LogP contribution is -2.49. The molecule has 0 unspecified atom stereocenters. The fourth-order valence-electron chi connectivity index (χ4n) is 4.25. The number of piperazine rings is 1. The molecule has 1 aliphatic carbocycles. The molecule has 1 aromatic heterocycles. The van der Waals surface area contributed by atoms with Crippen molar-refractivity contribution in [3.8, 4) is 0 Å². The number of aromatic nitrogens is 1. The molecule has 5 nitrogen and oxygen atoms in total. The van der Waals surface area contributed by atoms with Gasteiger partial charge in [0.2, 0.25) is 5.91 Å². The van der Waals surface area contributed by atoms with Gasteiger partial charge in [-0.15, -0.1) is 0 Å². The lowest BCUT2D eigenvalue weighted by molar-refractivity contribution is -0.122. The quantitative estimate of drug-likeness (QED) is 0.783. The first kappa shape index (κ1) is 18.9. The highest BCUT2D eigenvalue weighted by Crippen LogP contribution is 2.26. The number of allylic oxidation sites excluding steroid dienone is 1. The second-order valence-electron chi connectivity index (χ2n) is 7.85. The van der Waals surface area contributed by atoms with Crippen LogP contribution in [0.15, 0.2) is 48.3 Å². The van der Waals surface area contributed by atoms with Crippen LogP contribution in [0.1, 0.15) is 32.1 Å². The van der Waals surface area contributed by atoms with E-state index in [-0.39, 0.29) is 5.91 Å². The monoisotopic (exact) mass is 378 g/mol. The highest BCUT2D eigenvalue weighted by atomic mass is 16.2. The minimum Gasteiger partial charge on any atom is -0.367 e. The lowest BCUT2D eigenvalue weighted by Gasteiger charge is -2.36. The summed E-state index contributed by atoms with van der Waals surface area (Å²) in [5.74, 6) is 0.150. The van der Waals surface area contributed by atoms with Crippen LogP contribution >= 0.6 is 0 Å². The Labute approximate surface area is 167 Å². The predicted octanol–water partition coefficient (Wildman–Crippen LogP) is 3.36. The standard InChI is InChI=1S/C23H30N4O/c28-23(25-11-10-19-6-2-1-3-7-19)18-26-12-14-27(15-13-26)22-17-24-16-20-8-4-5-9-21(20)22/h4-6,8-9,16-17H,1-3,7,10-15,18H2,(H,25,28). The topological polar surface area (TPSA) is 48.5 Å². The van der Waals surface area contributed by atoms with E-state index in [0.29, 0.717) is 6.54 Å². The molecule has 28 heavy (non-hydrogen) atoms. The number of hydrogen-bond acceptors (Lipinski definition) is 4. The van der Waals surface area contributed by atoms with E-state index in [0.717, 1.165) is 39.1 Å². The second kappa shape index (κ2) is 9.20. The zero-order valence-corrected chi connectivity index (χ0v) is 16.6. The van der Waals surface area contributed by atoms with Crippen molar-refractivity contribution in [2.75, 3.05) is 44.2 Å². The van der Waals surface area contributed by atoms with Crippen molar-refractivity contribution in [1.82, 2.24) is 15.2 Å². The van der Waals surface area contributed by atoms with E-state index in [2.05, 4.69) is 50.4 Å². The van der Waals surface area contributed by atoms with Gasteiger partial charge in [0, 0.05) is 49.7 Å². The Balaban J connectivity index is 1.24. The van der Waals surface area contributed by atoms with Gasteiger partial charge in [-0.1, -0.05) is 35.9 Å². The summed E-state index contributed by atoms with van der Waals surface area (Å²) in [5.41, 5.74) is 2.71. The Morgan fingerprint density at radius 3 is 2.75 bits per heavy atom. The molecule has 0 radical (unpaired) electrons. The van der Waals surface area contributed by atoms with E-state index >= 15 is 0 Å². The van der Waals surface area contributed by atoms with Crippen molar-refractivity contribution < 1.29 is 4.79 Å². The van der Waals surface area contributed by atoms with Gasteiger partial charge in [-0.05, 0) is 32.1 Å². The van der Waals surface area contributed by atoms with Crippen LogP contribution in [0, 0.1) is 0 Å². The molecule has 1 N–H and O–H groups in total. The first-order valence-corrected chi connectivity index (χ1v) is 10.5. The zero-order chi connectivity index (χ0) is 19.2. The third kappa shape index (κ3) is 4.71. The van der Waals surface area contributed by atoms with E-state index in [9.17, 15) is 4.79 Å². The highest BCUT2D eigenvalue weighted by Gasteiger charge is 2.20. The van der Waals surface area contributed by atoms with Gasteiger partial charge in [0.15, 0.2) is 0 Å². The Hall–Kier alpha value is -2.40. The number of nitrogens with zero attached hydrogens (tertiary/aromatic N) is 3. The molecule has 1 aliphatic heterocycles. The molecule has 2 aliphatic rings. The molecule has 2 heterocycles. The SMILES string of the molecule is O=C(CN1CCN(c2cncc3ccccc23)CC1)NCCC1=CCCCC1. The van der Waals surface area contributed by atoms with Crippen molar-refractivity contribution in [3.63, 3.8) is 0 Å². The summed E-state index contributed by atoms with van der Waals surface area (Å²) in [6, 6.07) is 8.40. The molecular weight excluding hydrogens is 348 g/mol. The maximum Gasteiger partial charge on any atom is 0.234 e. The van der Waals surface area contributed by atoms with Crippen LogP contribution in [-0.2, 0) is 4.79 Å². The van der Waals surface area contributed by atoms with E-state index < -0.39 is 0 Å². The summed E-state index contributed by atoms with van der Waals surface area (Å²) in [6.07, 6.45) is 12.3. The Morgan fingerprint density at radius 1 is 1.07 bits per heavy atom. The third-order valence-electron chi connectivity index (χ3n) is 5.88. The fraction of sp³-hybridized carbons (Fsp3) is 0.478. The Kier molecular flexibility index (Phi) is 6.22. The molecule has 148 valence electrons. The van der Waals surface area contributed by atoms with Crippen LogP contribution in [0.5, 0.6) is 0 Å². The summed E-state index contributed by atoms with van der Waals surface area (Å²) < 4.78 is 0. The van der Waals surface area contributed by atoms with Gasteiger partial charge in [-0.3, -0.25) is 14.7 Å². The van der Waals surface area contributed by atoms with E-state index in [4.69, 9.17) is 0 Å². The molecule has 2 aromatic rings. The highest BCUT2D eigenvalue weighted by molar-refractivity contribution is 5.93. The number of carbonyl (C=O) groups is 1. The number of carbonyl (C=O) groups excluding carboxylic acids is 1. The van der Waals surface area contributed by atoms with Gasteiger partial charge in [0.1, 0.15) is 0 Å². The van der Waals surface area contributed by atoms with E-state index in [1.54, 1.807) is 0 Å².